The minimum Gasteiger partial charge on any atom is -0.487 e. The highest BCUT2D eigenvalue weighted by atomic mass is 32.1. The average molecular weight is 495 g/mol. The van der Waals surface area contributed by atoms with Gasteiger partial charge in [-0.3, -0.25) is 0 Å². The summed E-state index contributed by atoms with van der Waals surface area (Å²) in [6, 6.07) is 7.03. The smallest absolute Gasteiger partial charge is 0.166 e. The van der Waals surface area contributed by atoms with Crippen molar-refractivity contribution in [3.63, 3.8) is 0 Å². The second-order valence-corrected chi connectivity index (χ2v) is 8.95. The molecule has 9 nitrogen and oxygen atoms in total. The summed E-state index contributed by atoms with van der Waals surface area (Å²) in [7, 11) is 1.60. The van der Waals surface area contributed by atoms with Crippen LogP contribution in [0.1, 0.15) is 25.5 Å². The molecule has 0 aliphatic carbocycles. The van der Waals surface area contributed by atoms with E-state index in [-0.39, 0.29) is 11.8 Å². The van der Waals surface area contributed by atoms with Gasteiger partial charge in [0, 0.05) is 24.9 Å². The van der Waals surface area contributed by atoms with Crippen LogP contribution in [0.5, 0.6) is 5.75 Å². The Labute approximate surface area is 204 Å². The van der Waals surface area contributed by atoms with Crippen LogP contribution in [0.3, 0.4) is 0 Å². The van der Waals surface area contributed by atoms with E-state index in [4.69, 9.17) is 9.47 Å². The number of thiazole rings is 1. The second kappa shape index (κ2) is 9.53. The molecule has 0 aliphatic rings. The van der Waals surface area contributed by atoms with E-state index < -0.39 is 11.9 Å². The van der Waals surface area contributed by atoms with Crippen LogP contribution >= 0.6 is 11.3 Å². The van der Waals surface area contributed by atoms with Gasteiger partial charge in [-0.05, 0) is 32.0 Å². The zero-order valence-corrected chi connectivity index (χ0v) is 20.1. The molecule has 0 bridgehead atoms. The quantitative estimate of drug-likeness (QED) is 0.318. The number of ether oxygens (including phenoxy) is 2. The molecule has 0 aliphatic heterocycles. The van der Waals surface area contributed by atoms with E-state index in [1.807, 2.05) is 19.1 Å². The molecule has 0 saturated heterocycles. The summed E-state index contributed by atoms with van der Waals surface area (Å²) >= 11 is 1.24. The van der Waals surface area contributed by atoms with E-state index >= 15 is 4.39 Å². The third-order valence-electron chi connectivity index (χ3n) is 5.46. The van der Waals surface area contributed by atoms with Crippen molar-refractivity contribution in [2.75, 3.05) is 19.0 Å². The number of halogens is 1. The van der Waals surface area contributed by atoms with Crippen molar-refractivity contribution < 1.29 is 19.0 Å². The third-order valence-corrected chi connectivity index (χ3v) is 6.29. The number of fused-ring (bicyclic) bond motifs is 2. The van der Waals surface area contributed by atoms with E-state index in [9.17, 15) is 5.11 Å². The van der Waals surface area contributed by atoms with Gasteiger partial charge >= 0.3 is 0 Å². The summed E-state index contributed by atoms with van der Waals surface area (Å²) in [5.41, 5.74) is 4.43. The molecule has 5 rings (SSSR count). The SMILES string of the molecule is COC[C@@H](C)Oc1cc(-n2cc([C@@H](C)O)cn2)cc2ncnc(Nc3ccc4ncsc4c3F)c12. The lowest BCUT2D eigenvalue weighted by atomic mass is 10.1. The van der Waals surface area contributed by atoms with E-state index in [0.29, 0.717) is 50.5 Å². The first-order valence-electron chi connectivity index (χ1n) is 10.9. The van der Waals surface area contributed by atoms with Crippen molar-refractivity contribution >= 4 is 44.0 Å². The summed E-state index contributed by atoms with van der Waals surface area (Å²) < 4.78 is 28.7. The molecular weight excluding hydrogens is 471 g/mol. The first-order chi connectivity index (χ1) is 16.9. The van der Waals surface area contributed by atoms with Crippen LogP contribution in [0.15, 0.2) is 48.5 Å². The van der Waals surface area contributed by atoms with Gasteiger partial charge in [-0.2, -0.15) is 5.10 Å². The van der Waals surface area contributed by atoms with Gasteiger partial charge in [0.25, 0.3) is 0 Å². The largest absolute Gasteiger partial charge is 0.487 e. The van der Waals surface area contributed by atoms with E-state index in [1.165, 1.54) is 17.7 Å². The Balaban J connectivity index is 1.63. The predicted molar refractivity (Wildman–Crippen MR) is 132 cm³/mol. The van der Waals surface area contributed by atoms with Gasteiger partial charge in [-0.15, -0.1) is 11.3 Å². The molecule has 2 atom stereocenters. The Hall–Kier alpha value is -3.67. The van der Waals surface area contributed by atoms with Gasteiger partial charge in [0.15, 0.2) is 5.82 Å². The minimum absolute atomic E-state index is 0.273. The Morgan fingerprint density at radius 2 is 2.03 bits per heavy atom. The molecule has 35 heavy (non-hydrogen) atoms. The van der Waals surface area contributed by atoms with Gasteiger partial charge in [0.05, 0.1) is 56.9 Å². The molecule has 11 heteroatoms. The fourth-order valence-corrected chi connectivity index (χ4v) is 4.49. The van der Waals surface area contributed by atoms with Gasteiger partial charge in [0.2, 0.25) is 0 Å². The predicted octanol–water partition coefficient (Wildman–Crippen LogP) is 4.77. The molecule has 3 heterocycles. The number of anilines is 2. The van der Waals surface area contributed by atoms with Crippen molar-refractivity contribution in [1.82, 2.24) is 24.7 Å². The summed E-state index contributed by atoms with van der Waals surface area (Å²) in [6.07, 6.45) is 3.83. The number of methoxy groups -OCH3 is 1. The Morgan fingerprint density at radius 1 is 1.17 bits per heavy atom. The highest BCUT2D eigenvalue weighted by Gasteiger charge is 2.18. The highest BCUT2D eigenvalue weighted by Crippen LogP contribution is 2.36. The standard InChI is InChI=1S/C24H23FN6O3S/c1-13(10-33-3)34-20-7-16(31-9-15(8-29-31)14(2)32)6-19-21(20)24(27-11-26-19)30-17-4-5-18-23(22(17)25)35-12-28-18/h4-9,11-14,32H,10H2,1-3H3,(H,26,27,30)/t13-,14-/m1/s1. The number of hydrogen-bond donors (Lipinski definition) is 2. The first-order valence-corrected chi connectivity index (χ1v) is 11.8. The van der Waals surface area contributed by atoms with Crippen molar-refractivity contribution in [2.45, 2.75) is 26.1 Å². The third kappa shape index (κ3) is 4.53. The molecule has 0 amide bonds. The number of nitrogens with one attached hydrogen (secondary N) is 1. The molecule has 0 unspecified atom stereocenters. The fraction of sp³-hybridized carbons (Fsp3) is 0.250. The van der Waals surface area contributed by atoms with E-state index in [1.54, 1.807) is 48.8 Å². The molecule has 0 radical (unpaired) electrons. The number of nitrogens with zero attached hydrogens (tertiary/aromatic N) is 5. The fourth-order valence-electron chi connectivity index (χ4n) is 3.76. The van der Waals surface area contributed by atoms with Crippen LogP contribution in [-0.4, -0.2) is 49.7 Å². The maximum absolute atomic E-state index is 15.1. The number of aliphatic hydroxyl groups excluding tert-OH is 1. The van der Waals surface area contributed by atoms with Crippen LogP contribution < -0.4 is 10.1 Å². The molecule has 3 aromatic heterocycles. The molecule has 0 spiro atoms. The Kier molecular flexibility index (Phi) is 6.29. The lowest BCUT2D eigenvalue weighted by Crippen LogP contribution is -2.18. The molecule has 5 aromatic rings. The Bertz CT molecular complexity index is 1500. The van der Waals surface area contributed by atoms with Crippen LogP contribution in [0.4, 0.5) is 15.9 Å². The van der Waals surface area contributed by atoms with Crippen LogP contribution in [-0.2, 0) is 4.74 Å². The molecule has 2 aromatic carbocycles. The monoisotopic (exact) mass is 494 g/mol. The lowest BCUT2D eigenvalue weighted by Gasteiger charge is -2.18. The van der Waals surface area contributed by atoms with Crippen LogP contribution in [0, 0.1) is 5.82 Å². The summed E-state index contributed by atoms with van der Waals surface area (Å²) in [4.78, 5) is 13.0. The second-order valence-electron chi connectivity index (χ2n) is 8.09. The van der Waals surface area contributed by atoms with Gasteiger partial charge in [-0.1, -0.05) is 0 Å². The summed E-state index contributed by atoms with van der Waals surface area (Å²) in [6.45, 7) is 3.93. The van der Waals surface area contributed by atoms with Crippen molar-refractivity contribution in [1.29, 1.82) is 0 Å². The summed E-state index contributed by atoms with van der Waals surface area (Å²) in [5, 5.41) is 17.9. The maximum atomic E-state index is 15.1. The Morgan fingerprint density at radius 3 is 2.80 bits per heavy atom. The molecule has 180 valence electrons. The van der Waals surface area contributed by atoms with E-state index in [0.717, 1.165) is 0 Å². The number of benzene rings is 2. The van der Waals surface area contributed by atoms with Crippen molar-refractivity contribution in [3.05, 3.63) is 59.9 Å². The van der Waals surface area contributed by atoms with E-state index in [2.05, 4.69) is 25.4 Å². The number of hydrogen-bond acceptors (Lipinski definition) is 9. The maximum Gasteiger partial charge on any atom is 0.166 e. The van der Waals surface area contributed by atoms with Gasteiger partial charge in [-0.25, -0.2) is 24.0 Å². The van der Waals surface area contributed by atoms with Gasteiger partial charge < -0.3 is 19.9 Å². The molecule has 0 saturated carbocycles. The van der Waals surface area contributed by atoms with Crippen molar-refractivity contribution in [2.24, 2.45) is 0 Å². The highest BCUT2D eigenvalue weighted by molar-refractivity contribution is 7.16. The number of aliphatic hydroxyl groups is 1. The topological polar surface area (TPSA) is 107 Å². The van der Waals surface area contributed by atoms with Crippen LogP contribution in [0.2, 0.25) is 0 Å². The number of aromatic nitrogens is 5. The molecule has 2 N–H and O–H groups in total. The molecular formula is C24H23FN6O3S. The van der Waals surface area contributed by atoms with Gasteiger partial charge in [0.1, 0.15) is 24.0 Å². The number of rotatable bonds is 8. The van der Waals surface area contributed by atoms with Crippen molar-refractivity contribution in [3.8, 4) is 11.4 Å². The summed E-state index contributed by atoms with van der Waals surface area (Å²) in [5.74, 6) is 0.485. The lowest BCUT2D eigenvalue weighted by molar-refractivity contribution is 0.0931. The first kappa shape index (κ1) is 23.1. The normalized spacial score (nSPS) is 13.3. The minimum atomic E-state index is -0.648. The zero-order chi connectivity index (χ0) is 24.5. The van der Waals surface area contributed by atoms with Crippen LogP contribution in [0.25, 0.3) is 26.8 Å². The molecule has 0 fully saturated rings. The zero-order valence-electron chi connectivity index (χ0n) is 19.3. The average Bonchev–Trinajstić information content (AvgIpc) is 3.51.